The molecule has 138 valence electrons. The zero-order valence-electron chi connectivity index (χ0n) is 15.3. The van der Waals surface area contributed by atoms with E-state index in [0.29, 0.717) is 43.2 Å². The van der Waals surface area contributed by atoms with E-state index in [4.69, 9.17) is 9.47 Å². The number of aryl methyl sites for hydroxylation is 2. The van der Waals surface area contributed by atoms with Gasteiger partial charge in [-0.3, -0.25) is 4.79 Å². The van der Waals surface area contributed by atoms with Crippen molar-refractivity contribution >= 4 is 5.78 Å². The van der Waals surface area contributed by atoms with E-state index in [9.17, 15) is 4.79 Å². The molecule has 0 aliphatic carbocycles. The van der Waals surface area contributed by atoms with Gasteiger partial charge in [-0.15, -0.1) is 0 Å². The summed E-state index contributed by atoms with van der Waals surface area (Å²) in [4.78, 5) is 13.0. The third-order valence-electron chi connectivity index (χ3n) is 4.59. The lowest BCUT2D eigenvalue weighted by molar-refractivity contribution is 0.0977. The smallest absolute Gasteiger partial charge is 0.228 e. The Kier molecular flexibility index (Phi) is 5.03. The van der Waals surface area contributed by atoms with Gasteiger partial charge in [0.05, 0.1) is 18.0 Å². The maximum absolute atomic E-state index is 13.0. The molecular formula is C22H22N2O3. The molecule has 1 aromatic heterocycles. The summed E-state index contributed by atoms with van der Waals surface area (Å²) in [5, 5.41) is 4.59. The molecule has 2 heterocycles. The van der Waals surface area contributed by atoms with E-state index < -0.39 is 0 Å². The molecule has 1 aliphatic heterocycles. The van der Waals surface area contributed by atoms with E-state index in [1.807, 2.05) is 67.6 Å². The van der Waals surface area contributed by atoms with Crippen LogP contribution in [0.1, 0.15) is 28.0 Å². The minimum Gasteiger partial charge on any atom is -0.474 e. The minimum absolute atomic E-state index is 0.0465. The van der Waals surface area contributed by atoms with E-state index in [1.165, 1.54) is 0 Å². The van der Waals surface area contributed by atoms with Gasteiger partial charge in [0.25, 0.3) is 0 Å². The minimum atomic E-state index is 0.0465. The summed E-state index contributed by atoms with van der Waals surface area (Å²) in [7, 11) is 0. The topological polar surface area (TPSA) is 56.6 Å². The number of nitrogens with zero attached hydrogens (tertiary/aromatic N) is 2. The van der Waals surface area contributed by atoms with E-state index in [2.05, 4.69) is 5.10 Å². The molecule has 0 radical (unpaired) electrons. The molecule has 4 rings (SSSR count). The SMILES string of the molecule is Cc1nn(-c2ccccc2)c(OC[C@H]2CO2)c1C(=O)CCc1ccccc1. The largest absolute Gasteiger partial charge is 0.474 e. The van der Waals surface area contributed by atoms with Crippen LogP contribution in [0.4, 0.5) is 0 Å². The summed E-state index contributed by atoms with van der Waals surface area (Å²) >= 11 is 0. The molecule has 0 amide bonds. The van der Waals surface area contributed by atoms with Crippen LogP contribution in [0.2, 0.25) is 0 Å². The second-order valence-electron chi connectivity index (χ2n) is 6.69. The Hall–Kier alpha value is -2.92. The van der Waals surface area contributed by atoms with Crippen LogP contribution in [-0.2, 0) is 11.2 Å². The molecule has 1 atom stereocenters. The second kappa shape index (κ2) is 7.76. The summed E-state index contributed by atoms with van der Waals surface area (Å²) in [6.07, 6.45) is 1.22. The molecule has 3 aromatic rings. The summed E-state index contributed by atoms with van der Waals surface area (Å²) < 4.78 is 13.0. The van der Waals surface area contributed by atoms with Crippen LogP contribution in [0.15, 0.2) is 60.7 Å². The van der Waals surface area contributed by atoms with Crippen molar-refractivity contribution in [2.45, 2.75) is 25.9 Å². The van der Waals surface area contributed by atoms with E-state index in [1.54, 1.807) is 4.68 Å². The fraction of sp³-hybridized carbons (Fsp3) is 0.273. The summed E-state index contributed by atoms with van der Waals surface area (Å²) in [6, 6.07) is 19.8. The van der Waals surface area contributed by atoms with Gasteiger partial charge in [-0.05, 0) is 31.0 Å². The molecule has 5 heteroatoms. The Labute approximate surface area is 158 Å². The molecule has 0 saturated carbocycles. The van der Waals surface area contributed by atoms with E-state index >= 15 is 0 Å². The fourth-order valence-corrected chi connectivity index (χ4v) is 3.07. The number of epoxide rings is 1. The number of hydrogen-bond acceptors (Lipinski definition) is 4. The van der Waals surface area contributed by atoms with Crippen LogP contribution in [-0.4, -0.2) is 34.9 Å². The summed E-state index contributed by atoms with van der Waals surface area (Å²) in [5.74, 6) is 0.553. The number of aromatic nitrogens is 2. The van der Waals surface area contributed by atoms with Crippen molar-refractivity contribution in [3.8, 4) is 11.6 Å². The van der Waals surface area contributed by atoms with Crippen molar-refractivity contribution in [1.29, 1.82) is 0 Å². The molecule has 1 aliphatic rings. The van der Waals surface area contributed by atoms with Crippen molar-refractivity contribution in [3.05, 3.63) is 77.5 Å². The van der Waals surface area contributed by atoms with Gasteiger partial charge in [0.15, 0.2) is 5.78 Å². The number of rotatable bonds is 8. The number of carbonyl (C=O) groups excluding carboxylic acids is 1. The highest BCUT2D eigenvalue weighted by Gasteiger charge is 2.28. The molecule has 0 unspecified atom stereocenters. The molecular weight excluding hydrogens is 340 g/mol. The van der Waals surface area contributed by atoms with Crippen LogP contribution >= 0.6 is 0 Å². The first-order valence-corrected chi connectivity index (χ1v) is 9.19. The predicted molar refractivity (Wildman–Crippen MR) is 103 cm³/mol. The first-order chi connectivity index (χ1) is 13.2. The van der Waals surface area contributed by atoms with Gasteiger partial charge in [0.2, 0.25) is 5.88 Å². The number of para-hydroxylation sites is 1. The second-order valence-corrected chi connectivity index (χ2v) is 6.69. The average molecular weight is 362 g/mol. The zero-order chi connectivity index (χ0) is 18.6. The van der Waals surface area contributed by atoms with Crippen molar-refractivity contribution < 1.29 is 14.3 Å². The fourth-order valence-electron chi connectivity index (χ4n) is 3.07. The van der Waals surface area contributed by atoms with Crippen molar-refractivity contribution in [3.63, 3.8) is 0 Å². The highest BCUT2D eigenvalue weighted by atomic mass is 16.6. The highest BCUT2D eigenvalue weighted by Crippen LogP contribution is 2.28. The predicted octanol–water partition coefficient (Wildman–Crippen LogP) is 3.77. The number of benzene rings is 2. The molecule has 1 saturated heterocycles. The number of carbonyl (C=O) groups is 1. The Morgan fingerprint density at radius 1 is 1.15 bits per heavy atom. The molecule has 1 fully saturated rings. The first-order valence-electron chi connectivity index (χ1n) is 9.19. The quantitative estimate of drug-likeness (QED) is 0.452. The van der Waals surface area contributed by atoms with Crippen LogP contribution in [0.5, 0.6) is 5.88 Å². The van der Waals surface area contributed by atoms with Crippen molar-refractivity contribution in [1.82, 2.24) is 9.78 Å². The van der Waals surface area contributed by atoms with Gasteiger partial charge < -0.3 is 9.47 Å². The van der Waals surface area contributed by atoms with Gasteiger partial charge in [-0.25, -0.2) is 4.68 Å². The van der Waals surface area contributed by atoms with Gasteiger partial charge in [0, 0.05) is 6.42 Å². The molecule has 5 nitrogen and oxygen atoms in total. The van der Waals surface area contributed by atoms with Gasteiger partial charge >= 0.3 is 0 Å². The number of Topliss-reactive ketones (excluding diaryl/α,β-unsaturated/α-hetero) is 1. The molecule has 27 heavy (non-hydrogen) atoms. The summed E-state index contributed by atoms with van der Waals surface area (Å²) in [5.41, 5.74) is 3.27. The zero-order valence-corrected chi connectivity index (χ0v) is 15.3. The number of ether oxygens (including phenoxy) is 2. The number of hydrogen-bond donors (Lipinski definition) is 0. The lowest BCUT2D eigenvalue weighted by Crippen LogP contribution is -2.12. The van der Waals surface area contributed by atoms with Crippen molar-refractivity contribution in [2.75, 3.05) is 13.2 Å². The van der Waals surface area contributed by atoms with Crippen molar-refractivity contribution in [2.24, 2.45) is 0 Å². The van der Waals surface area contributed by atoms with Crippen LogP contribution < -0.4 is 4.74 Å². The Bertz CT molecular complexity index is 915. The van der Waals surface area contributed by atoms with Gasteiger partial charge in [-0.1, -0.05) is 48.5 Å². The first kappa shape index (κ1) is 17.5. The molecule has 0 bridgehead atoms. The monoisotopic (exact) mass is 362 g/mol. The van der Waals surface area contributed by atoms with E-state index in [-0.39, 0.29) is 11.9 Å². The average Bonchev–Trinajstić information content (AvgIpc) is 3.48. The maximum atomic E-state index is 13.0. The van der Waals surface area contributed by atoms with Gasteiger partial charge in [-0.2, -0.15) is 5.10 Å². The Morgan fingerprint density at radius 3 is 2.48 bits per heavy atom. The third-order valence-corrected chi connectivity index (χ3v) is 4.59. The Morgan fingerprint density at radius 2 is 1.81 bits per heavy atom. The lowest BCUT2D eigenvalue weighted by atomic mass is 10.0. The normalized spacial score (nSPS) is 15.5. The van der Waals surface area contributed by atoms with Gasteiger partial charge in [0.1, 0.15) is 18.3 Å². The molecule has 2 aromatic carbocycles. The molecule has 0 spiro atoms. The maximum Gasteiger partial charge on any atom is 0.228 e. The van der Waals surface area contributed by atoms with Crippen LogP contribution in [0, 0.1) is 6.92 Å². The summed E-state index contributed by atoms with van der Waals surface area (Å²) in [6.45, 7) is 2.99. The van der Waals surface area contributed by atoms with Crippen LogP contribution in [0.25, 0.3) is 5.69 Å². The van der Waals surface area contributed by atoms with Crippen LogP contribution in [0.3, 0.4) is 0 Å². The standard InChI is InChI=1S/C22H22N2O3/c1-16-21(20(25)13-12-17-8-4-2-5-9-17)22(27-15-19-14-26-19)24(23-16)18-10-6-3-7-11-18/h2-11,19H,12-15H2,1H3/t19-/m1/s1. The van der Waals surface area contributed by atoms with E-state index in [0.717, 1.165) is 11.3 Å². The third kappa shape index (κ3) is 4.09. The highest BCUT2D eigenvalue weighted by molar-refractivity contribution is 5.99. The lowest BCUT2D eigenvalue weighted by Gasteiger charge is -2.10. The number of ketones is 1. The molecule has 0 N–H and O–H groups in total. The Balaban J connectivity index is 1.61.